The van der Waals surface area contributed by atoms with Gasteiger partial charge in [0.15, 0.2) is 5.16 Å². The van der Waals surface area contributed by atoms with E-state index in [1.807, 2.05) is 19.1 Å². The molecule has 1 atom stereocenters. The standard InChI is InChI=1S/C19H22ClN3O3S2/c1-11-4-5-13(9-14(11)20)21-16(24)10-27-19-22-15-8-12(2)28-17(15)18(25)23(19)6-7-26-3/h4-5,9,12H,6-8,10H2,1-3H3,(H,21,24)/t12-/m0/s1. The second-order valence-electron chi connectivity index (χ2n) is 6.55. The number of fused-ring (bicyclic) bond motifs is 1. The predicted molar refractivity (Wildman–Crippen MR) is 115 cm³/mol. The predicted octanol–water partition coefficient (Wildman–Crippen LogP) is 3.62. The summed E-state index contributed by atoms with van der Waals surface area (Å²) in [5, 5.41) is 4.31. The average molecular weight is 440 g/mol. The van der Waals surface area contributed by atoms with Gasteiger partial charge in [-0.05, 0) is 24.6 Å². The lowest BCUT2D eigenvalue weighted by Gasteiger charge is -2.13. The number of halogens is 1. The maximum absolute atomic E-state index is 12.9. The van der Waals surface area contributed by atoms with Gasteiger partial charge in [0.1, 0.15) is 0 Å². The van der Waals surface area contributed by atoms with Crippen molar-refractivity contribution in [2.75, 3.05) is 24.8 Å². The fraction of sp³-hybridized carbons (Fsp3) is 0.421. The third-order valence-electron chi connectivity index (χ3n) is 4.27. The lowest BCUT2D eigenvalue weighted by atomic mass is 10.2. The van der Waals surface area contributed by atoms with Gasteiger partial charge in [0.25, 0.3) is 5.56 Å². The molecule has 1 aromatic heterocycles. The van der Waals surface area contributed by atoms with Gasteiger partial charge >= 0.3 is 0 Å². The molecule has 28 heavy (non-hydrogen) atoms. The summed E-state index contributed by atoms with van der Waals surface area (Å²) in [5.74, 6) is -0.0347. The fourth-order valence-electron chi connectivity index (χ4n) is 2.82. The Labute approximate surface area is 177 Å². The number of carbonyl (C=O) groups is 1. The van der Waals surface area contributed by atoms with Gasteiger partial charge in [-0.3, -0.25) is 14.2 Å². The number of aromatic nitrogens is 2. The SMILES string of the molecule is COCCn1c(SCC(=O)Nc2ccc(C)c(Cl)c2)nc2c(c1=O)S[C@@H](C)C2. The van der Waals surface area contributed by atoms with Crippen molar-refractivity contribution in [2.24, 2.45) is 0 Å². The number of carbonyl (C=O) groups excluding carboxylic acids is 1. The molecule has 1 aromatic carbocycles. The van der Waals surface area contributed by atoms with Crippen LogP contribution in [0.2, 0.25) is 5.02 Å². The zero-order valence-electron chi connectivity index (χ0n) is 16.0. The van der Waals surface area contributed by atoms with E-state index in [-0.39, 0.29) is 17.2 Å². The molecule has 0 radical (unpaired) electrons. The van der Waals surface area contributed by atoms with E-state index in [0.717, 1.165) is 17.7 Å². The van der Waals surface area contributed by atoms with E-state index in [1.165, 1.54) is 11.8 Å². The molecule has 150 valence electrons. The van der Waals surface area contributed by atoms with Crippen LogP contribution in [0.4, 0.5) is 5.69 Å². The first-order chi connectivity index (χ1) is 13.4. The molecule has 3 rings (SSSR count). The van der Waals surface area contributed by atoms with E-state index < -0.39 is 0 Å². The molecular weight excluding hydrogens is 418 g/mol. The van der Waals surface area contributed by atoms with Crippen molar-refractivity contribution in [3.63, 3.8) is 0 Å². The summed E-state index contributed by atoms with van der Waals surface area (Å²) in [6.07, 6.45) is 0.766. The highest BCUT2D eigenvalue weighted by molar-refractivity contribution is 8.00. The number of nitrogens with one attached hydrogen (secondary N) is 1. The van der Waals surface area contributed by atoms with E-state index in [0.29, 0.717) is 39.2 Å². The Morgan fingerprint density at radius 3 is 3.00 bits per heavy atom. The fourth-order valence-corrected chi connectivity index (χ4v) is 4.96. The number of aryl methyl sites for hydroxylation is 1. The normalized spacial score (nSPS) is 15.5. The summed E-state index contributed by atoms with van der Waals surface area (Å²) < 4.78 is 6.73. The van der Waals surface area contributed by atoms with Crippen LogP contribution in [0, 0.1) is 6.92 Å². The van der Waals surface area contributed by atoms with Crippen molar-refractivity contribution in [1.82, 2.24) is 9.55 Å². The molecular formula is C19H22ClN3O3S2. The maximum atomic E-state index is 12.9. The Morgan fingerprint density at radius 1 is 1.50 bits per heavy atom. The first-order valence-corrected chi connectivity index (χ1v) is 11.1. The Bertz CT molecular complexity index is 949. The third-order valence-corrected chi connectivity index (χ3v) is 6.87. The number of thioether (sulfide) groups is 2. The van der Waals surface area contributed by atoms with Gasteiger partial charge in [-0.2, -0.15) is 0 Å². The van der Waals surface area contributed by atoms with Crippen LogP contribution in [0.5, 0.6) is 0 Å². The molecule has 0 saturated heterocycles. The molecule has 9 heteroatoms. The van der Waals surface area contributed by atoms with Crippen molar-refractivity contribution in [3.8, 4) is 0 Å². The maximum Gasteiger partial charge on any atom is 0.268 e. The molecule has 1 aliphatic rings. The highest BCUT2D eigenvalue weighted by atomic mass is 35.5. The molecule has 0 unspecified atom stereocenters. The van der Waals surface area contributed by atoms with Crippen molar-refractivity contribution >= 4 is 46.7 Å². The van der Waals surface area contributed by atoms with E-state index in [9.17, 15) is 9.59 Å². The molecule has 2 aromatic rings. The first kappa shape index (κ1) is 21.2. The van der Waals surface area contributed by atoms with Crippen LogP contribution in [0.3, 0.4) is 0 Å². The van der Waals surface area contributed by atoms with Gasteiger partial charge in [-0.1, -0.05) is 36.4 Å². The average Bonchev–Trinajstić information content (AvgIpc) is 3.03. The highest BCUT2D eigenvalue weighted by Crippen LogP contribution is 2.34. The van der Waals surface area contributed by atoms with Gasteiger partial charge < -0.3 is 10.1 Å². The molecule has 1 N–H and O–H groups in total. The summed E-state index contributed by atoms with van der Waals surface area (Å²) in [5.41, 5.74) is 2.37. The van der Waals surface area contributed by atoms with Gasteiger partial charge in [-0.15, -0.1) is 11.8 Å². The van der Waals surface area contributed by atoms with Crippen molar-refractivity contribution in [1.29, 1.82) is 0 Å². The Balaban J connectivity index is 1.74. The minimum atomic E-state index is -0.180. The topological polar surface area (TPSA) is 73.2 Å². The molecule has 0 spiro atoms. The third kappa shape index (κ3) is 4.92. The summed E-state index contributed by atoms with van der Waals surface area (Å²) in [7, 11) is 1.59. The van der Waals surface area contributed by atoms with E-state index in [1.54, 1.807) is 29.5 Å². The van der Waals surface area contributed by atoms with Gasteiger partial charge in [-0.25, -0.2) is 4.98 Å². The minimum Gasteiger partial charge on any atom is -0.383 e. The zero-order valence-corrected chi connectivity index (χ0v) is 18.3. The van der Waals surface area contributed by atoms with Crippen LogP contribution in [-0.2, 0) is 22.5 Å². The van der Waals surface area contributed by atoms with Crippen molar-refractivity contribution in [3.05, 3.63) is 44.8 Å². The summed E-state index contributed by atoms with van der Waals surface area (Å²) in [4.78, 5) is 30.6. The number of hydrogen-bond acceptors (Lipinski definition) is 6. The Kier molecular flexibility index (Phi) is 7.09. The number of anilines is 1. The second kappa shape index (κ2) is 9.35. The van der Waals surface area contributed by atoms with Crippen LogP contribution in [0.15, 0.2) is 33.0 Å². The van der Waals surface area contributed by atoms with Crippen LogP contribution in [0.25, 0.3) is 0 Å². The Morgan fingerprint density at radius 2 is 2.29 bits per heavy atom. The molecule has 1 aliphatic heterocycles. The number of benzene rings is 1. The van der Waals surface area contributed by atoms with E-state index in [2.05, 4.69) is 17.2 Å². The first-order valence-electron chi connectivity index (χ1n) is 8.87. The summed E-state index contributed by atoms with van der Waals surface area (Å²) in [6.45, 7) is 4.80. The minimum absolute atomic E-state index is 0.0513. The van der Waals surface area contributed by atoms with Crippen LogP contribution < -0.4 is 10.9 Å². The molecule has 0 aliphatic carbocycles. The number of rotatable bonds is 7. The number of hydrogen-bond donors (Lipinski definition) is 1. The largest absolute Gasteiger partial charge is 0.383 e. The number of methoxy groups -OCH3 is 1. The number of amides is 1. The quantitative estimate of drug-likeness (QED) is 0.524. The Hall–Kier alpha value is -1.48. The molecule has 0 saturated carbocycles. The molecule has 6 nitrogen and oxygen atoms in total. The van der Waals surface area contributed by atoms with Crippen LogP contribution in [0.1, 0.15) is 18.2 Å². The number of ether oxygens (including phenoxy) is 1. The molecule has 0 bridgehead atoms. The summed E-state index contributed by atoms with van der Waals surface area (Å²) in [6, 6.07) is 5.39. The van der Waals surface area contributed by atoms with Crippen LogP contribution >= 0.6 is 35.1 Å². The van der Waals surface area contributed by atoms with E-state index in [4.69, 9.17) is 16.3 Å². The lowest BCUT2D eigenvalue weighted by molar-refractivity contribution is -0.113. The van der Waals surface area contributed by atoms with Crippen molar-refractivity contribution in [2.45, 2.75) is 42.1 Å². The molecule has 1 amide bonds. The lowest BCUT2D eigenvalue weighted by Crippen LogP contribution is -2.27. The van der Waals surface area contributed by atoms with E-state index >= 15 is 0 Å². The number of nitrogens with zero attached hydrogens (tertiary/aromatic N) is 2. The smallest absolute Gasteiger partial charge is 0.268 e. The van der Waals surface area contributed by atoms with Crippen molar-refractivity contribution < 1.29 is 9.53 Å². The molecule has 2 heterocycles. The summed E-state index contributed by atoms with van der Waals surface area (Å²) >= 11 is 8.92. The van der Waals surface area contributed by atoms with Gasteiger partial charge in [0.05, 0.1) is 29.5 Å². The van der Waals surface area contributed by atoms with Crippen LogP contribution in [-0.4, -0.2) is 40.2 Å². The second-order valence-corrected chi connectivity index (χ2v) is 9.35. The zero-order chi connectivity index (χ0) is 20.3. The highest BCUT2D eigenvalue weighted by Gasteiger charge is 2.26. The molecule has 0 fully saturated rings. The monoisotopic (exact) mass is 439 g/mol. The van der Waals surface area contributed by atoms with Gasteiger partial charge in [0.2, 0.25) is 5.91 Å². The van der Waals surface area contributed by atoms with Gasteiger partial charge in [0, 0.05) is 29.5 Å².